The first-order chi connectivity index (χ1) is 8.85. The fraction of sp³-hybridized carbons (Fsp3) is 0.500. The Balaban J connectivity index is 2.47. The molecule has 1 aromatic heterocycles. The Hall–Kier alpha value is -2.18. The second-order valence-electron chi connectivity index (χ2n) is 4.57. The molecule has 19 heavy (non-hydrogen) atoms. The van der Waals surface area contributed by atoms with Crippen LogP contribution in [-0.4, -0.2) is 28.5 Å². The molecule has 0 atom stereocenters. The van der Waals surface area contributed by atoms with Gasteiger partial charge in [0.2, 0.25) is 11.8 Å². The van der Waals surface area contributed by atoms with Gasteiger partial charge in [-0.3, -0.25) is 9.59 Å². The molecule has 104 valence electrons. The zero-order chi connectivity index (χ0) is 14.5. The lowest BCUT2D eigenvalue weighted by atomic mass is 10.1. The van der Waals surface area contributed by atoms with Gasteiger partial charge in [0, 0.05) is 13.0 Å². The van der Waals surface area contributed by atoms with Gasteiger partial charge in [0.15, 0.2) is 5.82 Å². The Morgan fingerprint density at radius 1 is 1.47 bits per heavy atom. The van der Waals surface area contributed by atoms with E-state index in [2.05, 4.69) is 27.4 Å². The lowest BCUT2D eigenvalue weighted by molar-refractivity contribution is -0.123. The summed E-state index contributed by atoms with van der Waals surface area (Å²) in [6.45, 7) is 8.80. The van der Waals surface area contributed by atoms with Gasteiger partial charge < -0.3 is 15.2 Å². The van der Waals surface area contributed by atoms with E-state index in [1.807, 2.05) is 0 Å². The minimum atomic E-state index is -0.749. The third-order valence-corrected chi connectivity index (χ3v) is 2.35. The molecule has 0 aliphatic carbocycles. The van der Waals surface area contributed by atoms with Gasteiger partial charge in [-0.05, 0) is 26.8 Å². The fourth-order valence-corrected chi connectivity index (χ4v) is 1.39. The summed E-state index contributed by atoms with van der Waals surface area (Å²) in [6.07, 6.45) is 1.32. The second-order valence-corrected chi connectivity index (χ2v) is 4.57. The van der Waals surface area contributed by atoms with Crippen molar-refractivity contribution in [2.24, 2.45) is 0 Å². The highest BCUT2D eigenvalue weighted by Gasteiger charge is 2.28. The van der Waals surface area contributed by atoms with Crippen LogP contribution < -0.4 is 10.6 Å². The maximum Gasteiger partial charge on any atom is 0.251 e. The minimum Gasteiger partial charge on any atom is -0.352 e. The highest BCUT2D eigenvalue weighted by atomic mass is 16.5. The van der Waals surface area contributed by atoms with Gasteiger partial charge >= 0.3 is 0 Å². The normalized spacial score (nSPS) is 10.9. The molecule has 2 amide bonds. The summed E-state index contributed by atoms with van der Waals surface area (Å²) < 4.78 is 5.03. The van der Waals surface area contributed by atoms with Crippen molar-refractivity contribution >= 4 is 11.8 Å². The summed E-state index contributed by atoms with van der Waals surface area (Å²) in [5, 5.41) is 8.97. The summed E-state index contributed by atoms with van der Waals surface area (Å²) in [4.78, 5) is 26.7. The number of carbonyl (C=O) groups excluding carboxylic acids is 2. The molecule has 7 nitrogen and oxygen atoms in total. The van der Waals surface area contributed by atoms with Crippen molar-refractivity contribution < 1.29 is 14.1 Å². The molecule has 2 N–H and O–H groups in total. The molecule has 1 aromatic rings. The van der Waals surface area contributed by atoms with E-state index in [-0.39, 0.29) is 24.8 Å². The van der Waals surface area contributed by atoms with E-state index in [4.69, 9.17) is 4.52 Å². The van der Waals surface area contributed by atoms with Crippen LogP contribution in [0.15, 0.2) is 17.2 Å². The fourth-order valence-electron chi connectivity index (χ4n) is 1.39. The monoisotopic (exact) mass is 266 g/mol. The molecule has 0 saturated heterocycles. The number of hydrogen-bond donors (Lipinski definition) is 2. The van der Waals surface area contributed by atoms with E-state index < -0.39 is 5.54 Å². The first-order valence-electron chi connectivity index (χ1n) is 5.87. The number of carbonyl (C=O) groups is 2. The van der Waals surface area contributed by atoms with Crippen molar-refractivity contribution in [3.05, 3.63) is 24.4 Å². The van der Waals surface area contributed by atoms with Crippen LogP contribution in [0.4, 0.5) is 0 Å². The van der Waals surface area contributed by atoms with E-state index >= 15 is 0 Å². The topological polar surface area (TPSA) is 97.1 Å². The number of nitrogens with one attached hydrogen (secondary N) is 2. The predicted octanol–water partition coefficient (Wildman–Crippen LogP) is 0.422. The van der Waals surface area contributed by atoms with Crippen LogP contribution >= 0.6 is 0 Å². The molecule has 1 heterocycles. The van der Waals surface area contributed by atoms with E-state index in [1.54, 1.807) is 20.8 Å². The second kappa shape index (κ2) is 6.12. The summed E-state index contributed by atoms with van der Waals surface area (Å²) in [7, 11) is 0. The number of aromatic nitrogens is 2. The summed E-state index contributed by atoms with van der Waals surface area (Å²) in [5.74, 6) is 0.328. The van der Waals surface area contributed by atoms with Gasteiger partial charge in [-0.25, -0.2) is 0 Å². The van der Waals surface area contributed by atoms with Crippen molar-refractivity contribution in [2.75, 3.05) is 6.54 Å². The third kappa shape index (κ3) is 4.53. The Labute approximate surface area is 111 Å². The SMILES string of the molecule is C=CC(=O)NCCC(=O)NC(C)(C)c1nc(C)no1. The highest BCUT2D eigenvalue weighted by Crippen LogP contribution is 2.17. The molecule has 7 heteroatoms. The van der Waals surface area contributed by atoms with E-state index in [1.165, 1.54) is 0 Å². The van der Waals surface area contributed by atoms with Crippen LogP contribution in [0, 0.1) is 6.92 Å². The molecule has 0 bridgehead atoms. The van der Waals surface area contributed by atoms with Crippen molar-refractivity contribution in [3.8, 4) is 0 Å². The average Bonchev–Trinajstić information content (AvgIpc) is 2.75. The van der Waals surface area contributed by atoms with Crippen LogP contribution in [0.3, 0.4) is 0 Å². The Kier molecular flexibility index (Phi) is 4.80. The zero-order valence-corrected chi connectivity index (χ0v) is 11.3. The number of rotatable bonds is 6. The number of hydrogen-bond acceptors (Lipinski definition) is 5. The van der Waals surface area contributed by atoms with Crippen molar-refractivity contribution in [1.82, 2.24) is 20.8 Å². The molecule has 0 aliphatic heterocycles. The molecule has 0 aliphatic rings. The van der Waals surface area contributed by atoms with Gasteiger partial charge in [-0.1, -0.05) is 11.7 Å². The van der Waals surface area contributed by atoms with Crippen LogP contribution in [0.5, 0.6) is 0 Å². The third-order valence-electron chi connectivity index (χ3n) is 2.35. The molecular formula is C12H18N4O3. The summed E-state index contributed by atoms with van der Waals surface area (Å²) in [5.41, 5.74) is -0.749. The number of nitrogens with zero attached hydrogens (tertiary/aromatic N) is 2. The Morgan fingerprint density at radius 2 is 2.16 bits per heavy atom. The maximum atomic E-state index is 11.7. The first-order valence-corrected chi connectivity index (χ1v) is 5.87. The number of aryl methyl sites for hydroxylation is 1. The molecule has 0 spiro atoms. The van der Waals surface area contributed by atoms with Crippen molar-refractivity contribution in [1.29, 1.82) is 0 Å². The quantitative estimate of drug-likeness (QED) is 0.727. The zero-order valence-electron chi connectivity index (χ0n) is 11.3. The maximum absolute atomic E-state index is 11.7. The predicted molar refractivity (Wildman–Crippen MR) is 68.0 cm³/mol. The Morgan fingerprint density at radius 3 is 2.68 bits per heavy atom. The average molecular weight is 266 g/mol. The highest BCUT2D eigenvalue weighted by molar-refractivity contribution is 5.87. The van der Waals surface area contributed by atoms with Crippen LogP contribution in [0.25, 0.3) is 0 Å². The minimum absolute atomic E-state index is 0.163. The standard InChI is InChI=1S/C12H18N4O3/c1-5-9(17)13-7-6-10(18)15-12(3,4)11-14-8(2)16-19-11/h5H,1,6-7H2,2-4H3,(H,13,17)(H,15,18). The first kappa shape index (κ1) is 14.9. The lowest BCUT2D eigenvalue weighted by Crippen LogP contribution is -2.42. The van der Waals surface area contributed by atoms with Gasteiger partial charge in [-0.2, -0.15) is 4.98 Å². The molecular weight excluding hydrogens is 248 g/mol. The molecule has 0 aromatic carbocycles. The molecule has 0 unspecified atom stereocenters. The largest absolute Gasteiger partial charge is 0.352 e. The molecule has 0 radical (unpaired) electrons. The van der Waals surface area contributed by atoms with Gasteiger partial charge in [-0.15, -0.1) is 0 Å². The molecule has 0 saturated carbocycles. The van der Waals surface area contributed by atoms with Crippen LogP contribution in [0.1, 0.15) is 32.0 Å². The van der Waals surface area contributed by atoms with Crippen molar-refractivity contribution in [3.63, 3.8) is 0 Å². The molecule has 1 rings (SSSR count). The summed E-state index contributed by atoms with van der Waals surface area (Å²) >= 11 is 0. The smallest absolute Gasteiger partial charge is 0.251 e. The van der Waals surface area contributed by atoms with E-state index in [0.29, 0.717) is 11.7 Å². The van der Waals surface area contributed by atoms with Gasteiger partial charge in [0.25, 0.3) is 5.89 Å². The lowest BCUT2D eigenvalue weighted by Gasteiger charge is -2.21. The van der Waals surface area contributed by atoms with Gasteiger partial charge in [0.1, 0.15) is 5.54 Å². The Bertz CT molecular complexity index is 479. The molecule has 0 fully saturated rings. The van der Waals surface area contributed by atoms with E-state index in [0.717, 1.165) is 6.08 Å². The van der Waals surface area contributed by atoms with Crippen LogP contribution in [0.2, 0.25) is 0 Å². The van der Waals surface area contributed by atoms with E-state index in [9.17, 15) is 9.59 Å². The van der Waals surface area contributed by atoms with Crippen molar-refractivity contribution in [2.45, 2.75) is 32.7 Å². The van der Waals surface area contributed by atoms with Gasteiger partial charge in [0.05, 0.1) is 0 Å². The van der Waals surface area contributed by atoms with Crippen LogP contribution in [-0.2, 0) is 15.1 Å². The summed E-state index contributed by atoms with van der Waals surface area (Å²) in [6, 6.07) is 0. The number of amides is 2.